The molecular formula is C22H19N5O2. The third-order valence-electron chi connectivity index (χ3n) is 4.24. The van der Waals surface area contributed by atoms with Crippen molar-refractivity contribution in [3.8, 4) is 5.75 Å². The Morgan fingerprint density at radius 3 is 2.59 bits per heavy atom. The standard InChI is InChI=1S/C22H19N5O2/c28-22(15-27-21-9-5-4-8-20(21)24-26-27)25-23-14-17-10-12-19(13-11-17)29-16-18-6-2-1-3-7-18/h1-14H,15-16H2,(H,25,28)/b23-14-. The molecule has 3 aromatic carbocycles. The molecule has 0 unspecified atom stereocenters. The Kier molecular flexibility index (Phi) is 5.57. The molecule has 4 rings (SSSR count). The molecular weight excluding hydrogens is 366 g/mol. The highest BCUT2D eigenvalue weighted by Gasteiger charge is 2.07. The van der Waals surface area contributed by atoms with Crippen molar-refractivity contribution < 1.29 is 9.53 Å². The minimum absolute atomic E-state index is 0.0458. The number of aromatic nitrogens is 3. The van der Waals surface area contributed by atoms with E-state index in [2.05, 4.69) is 20.8 Å². The van der Waals surface area contributed by atoms with Gasteiger partial charge in [0.05, 0.1) is 11.7 Å². The highest BCUT2D eigenvalue weighted by molar-refractivity contribution is 5.83. The average molecular weight is 385 g/mol. The molecule has 0 aliphatic carbocycles. The summed E-state index contributed by atoms with van der Waals surface area (Å²) in [5.74, 6) is 0.493. The number of fused-ring (bicyclic) bond motifs is 1. The van der Waals surface area contributed by atoms with Crippen LogP contribution in [0.4, 0.5) is 0 Å². The van der Waals surface area contributed by atoms with E-state index in [0.29, 0.717) is 6.61 Å². The molecule has 1 heterocycles. The van der Waals surface area contributed by atoms with Crippen LogP contribution in [0.3, 0.4) is 0 Å². The number of amides is 1. The second kappa shape index (κ2) is 8.79. The lowest BCUT2D eigenvalue weighted by atomic mass is 10.2. The lowest BCUT2D eigenvalue weighted by molar-refractivity contribution is -0.121. The summed E-state index contributed by atoms with van der Waals surface area (Å²) in [5, 5.41) is 12.0. The first-order valence-corrected chi connectivity index (χ1v) is 9.15. The van der Waals surface area contributed by atoms with Crippen molar-refractivity contribution in [1.82, 2.24) is 20.4 Å². The maximum absolute atomic E-state index is 12.1. The number of nitrogens with one attached hydrogen (secondary N) is 1. The van der Waals surface area contributed by atoms with Gasteiger partial charge in [-0.3, -0.25) is 4.79 Å². The Balaban J connectivity index is 1.28. The lowest BCUT2D eigenvalue weighted by Crippen LogP contribution is -2.23. The molecule has 7 heteroatoms. The Morgan fingerprint density at radius 1 is 1.00 bits per heavy atom. The van der Waals surface area contributed by atoms with Gasteiger partial charge in [0.25, 0.3) is 5.91 Å². The molecule has 0 saturated carbocycles. The number of hydrogen-bond donors (Lipinski definition) is 1. The van der Waals surface area contributed by atoms with E-state index < -0.39 is 0 Å². The number of ether oxygens (including phenoxy) is 1. The zero-order chi connectivity index (χ0) is 19.9. The molecule has 0 atom stereocenters. The number of carbonyl (C=O) groups excluding carboxylic acids is 1. The topological polar surface area (TPSA) is 81.4 Å². The molecule has 7 nitrogen and oxygen atoms in total. The van der Waals surface area contributed by atoms with E-state index in [1.54, 1.807) is 10.9 Å². The van der Waals surface area contributed by atoms with E-state index in [-0.39, 0.29) is 12.5 Å². The van der Waals surface area contributed by atoms with Gasteiger partial charge < -0.3 is 4.74 Å². The lowest BCUT2D eigenvalue weighted by Gasteiger charge is -2.06. The number of nitrogens with zero attached hydrogens (tertiary/aromatic N) is 4. The van der Waals surface area contributed by atoms with Crippen molar-refractivity contribution in [3.05, 3.63) is 90.0 Å². The monoisotopic (exact) mass is 385 g/mol. The summed E-state index contributed by atoms with van der Waals surface area (Å²) in [7, 11) is 0. The predicted molar refractivity (Wildman–Crippen MR) is 110 cm³/mol. The fraction of sp³-hybridized carbons (Fsp3) is 0.0909. The highest BCUT2D eigenvalue weighted by Crippen LogP contribution is 2.13. The molecule has 4 aromatic rings. The molecule has 144 valence electrons. The van der Waals surface area contributed by atoms with Crippen molar-refractivity contribution in [2.24, 2.45) is 5.10 Å². The summed E-state index contributed by atoms with van der Waals surface area (Å²) in [5.41, 5.74) is 6.02. The summed E-state index contributed by atoms with van der Waals surface area (Å²) in [6, 6.07) is 25.0. The number of carbonyl (C=O) groups is 1. The maximum atomic E-state index is 12.1. The second-order valence-electron chi connectivity index (χ2n) is 6.37. The molecule has 0 radical (unpaired) electrons. The molecule has 1 aromatic heterocycles. The van der Waals surface area contributed by atoms with Crippen LogP contribution >= 0.6 is 0 Å². The molecule has 29 heavy (non-hydrogen) atoms. The molecule has 0 fully saturated rings. The van der Waals surface area contributed by atoms with Crippen LogP contribution in [0.5, 0.6) is 5.75 Å². The van der Waals surface area contributed by atoms with Crippen molar-refractivity contribution in [2.45, 2.75) is 13.2 Å². The van der Waals surface area contributed by atoms with Gasteiger partial charge in [0.1, 0.15) is 24.4 Å². The molecule has 1 N–H and O–H groups in total. The summed E-state index contributed by atoms with van der Waals surface area (Å²) >= 11 is 0. The van der Waals surface area contributed by atoms with Crippen LogP contribution in [0, 0.1) is 0 Å². The fourth-order valence-corrected chi connectivity index (χ4v) is 2.78. The second-order valence-corrected chi connectivity index (χ2v) is 6.37. The van der Waals surface area contributed by atoms with Crippen LogP contribution in [-0.4, -0.2) is 27.1 Å². The summed E-state index contributed by atoms with van der Waals surface area (Å²) in [6.45, 7) is 0.561. The van der Waals surface area contributed by atoms with Crippen LogP contribution in [-0.2, 0) is 17.9 Å². The van der Waals surface area contributed by atoms with E-state index >= 15 is 0 Å². The van der Waals surface area contributed by atoms with Crippen LogP contribution in [0.1, 0.15) is 11.1 Å². The Labute approximate surface area is 167 Å². The van der Waals surface area contributed by atoms with Crippen LogP contribution in [0.25, 0.3) is 11.0 Å². The summed E-state index contributed by atoms with van der Waals surface area (Å²) in [4.78, 5) is 12.1. The van der Waals surface area contributed by atoms with E-state index in [1.165, 1.54) is 0 Å². The van der Waals surface area contributed by atoms with Gasteiger partial charge in [-0.15, -0.1) is 5.10 Å². The van der Waals surface area contributed by atoms with Gasteiger partial charge in [-0.05, 0) is 47.5 Å². The van der Waals surface area contributed by atoms with Gasteiger partial charge >= 0.3 is 0 Å². The quantitative estimate of drug-likeness (QED) is 0.391. The van der Waals surface area contributed by atoms with Gasteiger partial charge in [-0.1, -0.05) is 47.7 Å². The van der Waals surface area contributed by atoms with Crippen molar-refractivity contribution >= 4 is 23.2 Å². The third-order valence-corrected chi connectivity index (χ3v) is 4.24. The molecule has 0 aliphatic heterocycles. The van der Waals surface area contributed by atoms with Crippen LogP contribution in [0.2, 0.25) is 0 Å². The first-order chi connectivity index (χ1) is 14.3. The normalized spacial score (nSPS) is 11.0. The minimum atomic E-state index is -0.278. The number of hydrogen-bond acceptors (Lipinski definition) is 5. The van der Waals surface area contributed by atoms with Crippen molar-refractivity contribution in [3.63, 3.8) is 0 Å². The number of para-hydroxylation sites is 1. The van der Waals surface area contributed by atoms with Gasteiger partial charge in [-0.25, -0.2) is 10.1 Å². The Hall–Kier alpha value is -4.00. The molecule has 1 amide bonds. The largest absolute Gasteiger partial charge is 0.489 e. The zero-order valence-electron chi connectivity index (χ0n) is 15.6. The number of rotatable bonds is 7. The first-order valence-electron chi connectivity index (χ1n) is 9.15. The molecule has 0 aliphatic rings. The van der Waals surface area contributed by atoms with Crippen molar-refractivity contribution in [1.29, 1.82) is 0 Å². The number of benzene rings is 3. The fourth-order valence-electron chi connectivity index (χ4n) is 2.78. The first kappa shape index (κ1) is 18.4. The van der Waals surface area contributed by atoms with Gasteiger partial charge in [0.2, 0.25) is 0 Å². The van der Waals surface area contributed by atoms with Crippen LogP contribution in [0.15, 0.2) is 84.0 Å². The number of hydrazone groups is 1. The van der Waals surface area contributed by atoms with E-state index in [1.807, 2.05) is 78.9 Å². The van der Waals surface area contributed by atoms with Crippen LogP contribution < -0.4 is 10.2 Å². The zero-order valence-corrected chi connectivity index (χ0v) is 15.6. The van der Waals surface area contributed by atoms with Gasteiger partial charge in [0.15, 0.2) is 0 Å². The third kappa shape index (κ3) is 4.84. The molecule has 0 saturated heterocycles. The smallest absolute Gasteiger partial charge is 0.261 e. The SMILES string of the molecule is O=C(Cn1nnc2ccccc21)N/N=C\c1ccc(OCc2ccccc2)cc1. The highest BCUT2D eigenvalue weighted by atomic mass is 16.5. The maximum Gasteiger partial charge on any atom is 0.261 e. The summed E-state index contributed by atoms with van der Waals surface area (Å²) < 4.78 is 7.29. The van der Waals surface area contributed by atoms with E-state index in [0.717, 1.165) is 27.9 Å². The van der Waals surface area contributed by atoms with E-state index in [9.17, 15) is 4.79 Å². The van der Waals surface area contributed by atoms with Gasteiger partial charge in [-0.2, -0.15) is 5.10 Å². The van der Waals surface area contributed by atoms with Gasteiger partial charge in [0, 0.05) is 0 Å². The summed E-state index contributed by atoms with van der Waals surface area (Å²) in [6.07, 6.45) is 1.58. The molecule has 0 bridgehead atoms. The van der Waals surface area contributed by atoms with Crippen molar-refractivity contribution in [2.75, 3.05) is 0 Å². The minimum Gasteiger partial charge on any atom is -0.489 e. The average Bonchev–Trinajstić information content (AvgIpc) is 3.17. The molecule has 0 spiro atoms. The Morgan fingerprint density at radius 2 is 1.76 bits per heavy atom. The Bertz CT molecular complexity index is 1120. The van der Waals surface area contributed by atoms with E-state index in [4.69, 9.17) is 4.74 Å². The predicted octanol–water partition coefficient (Wildman–Crippen LogP) is 3.16.